The number of benzene rings is 2. The van der Waals surface area contributed by atoms with Gasteiger partial charge in [-0.2, -0.15) is 0 Å². The van der Waals surface area contributed by atoms with Crippen LogP contribution in [0, 0.1) is 5.92 Å². The van der Waals surface area contributed by atoms with Crippen LogP contribution < -0.4 is 0 Å². The molecule has 0 spiro atoms. The van der Waals surface area contributed by atoms with Gasteiger partial charge in [-0.05, 0) is 46.8 Å². The standard InChI is InChI=1S/C23H19NO3S/c25-23(26)19-13-24(14-19)12-15-3-5-16(6-4-15)21-11-18-10-17(7-8-20(18)27-21)22-2-1-9-28-22/h1-11,19H,12-14H2,(H,25,26). The zero-order valence-electron chi connectivity index (χ0n) is 15.2. The molecule has 1 N–H and O–H groups in total. The third-order valence-corrected chi connectivity index (χ3v) is 6.19. The van der Waals surface area contributed by atoms with Gasteiger partial charge < -0.3 is 9.52 Å². The van der Waals surface area contributed by atoms with Crippen molar-refractivity contribution >= 4 is 28.3 Å². The van der Waals surface area contributed by atoms with Gasteiger partial charge in [0.25, 0.3) is 0 Å². The third kappa shape index (κ3) is 3.23. The molecule has 28 heavy (non-hydrogen) atoms. The Kier molecular flexibility index (Phi) is 4.26. The predicted octanol–water partition coefficient (Wildman–Crippen LogP) is 5.34. The predicted molar refractivity (Wildman–Crippen MR) is 111 cm³/mol. The van der Waals surface area contributed by atoms with E-state index in [9.17, 15) is 4.79 Å². The van der Waals surface area contributed by atoms with Crippen LogP contribution in [-0.2, 0) is 11.3 Å². The van der Waals surface area contributed by atoms with E-state index in [1.807, 2.05) is 6.07 Å². The van der Waals surface area contributed by atoms with Gasteiger partial charge in [-0.25, -0.2) is 0 Å². The average molecular weight is 389 g/mol. The van der Waals surface area contributed by atoms with Crippen molar-refractivity contribution in [2.75, 3.05) is 13.1 Å². The number of carbonyl (C=O) groups is 1. The highest BCUT2D eigenvalue weighted by atomic mass is 32.1. The van der Waals surface area contributed by atoms with Crippen molar-refractivity contribution in [3.8, 4) is 21.8 Å². The molecule has 1 aliphatic heterocycles. The minimum absolute atomic E-state index is 0.214. The topological polar surface area (TPSA) is 53.7 Å². The Balaban J connectivity index is 1.33. The molecule has 0 amide bonds. The highest BCUT2D eigenvalue weighted by molar-refractivity contribution is 7.13. The van der Waals surface area contributed by atoms with Gasteiger partial charge in [0.05, 0.1) is 5.92 Å². The van der Waals surface area contributed by atoms with E-state index in [4.69, 9.17) is 9.52 Å². The first kappa shape index (κ1) is 17.2. The summed E-state index contributed by atoms with van der Waals surface area (Å²) in [6, 6.07) is 20.9. The molecule has 2 aromatic carbocycles. The molecule has 0 unspecified atom stereocenters. The molecule has 4 nitrogen and oxygen atoms in total. The quantitative estimate of drug-likeness (QED) is 0.500. The molecule has 5 rings (SSSR count). The van der Waals surface area contributed by atoms with Gasteiger partial charge in [-0.15, -0.1) is 11.3 Å². The van der Waals surface area contributed by atoms with Gasteiger partial charge in [0, 0.05) is 35.5 Å². The molecule has 3 heterocycles. The first-order valence-corrected chi connectivity index (χ1v) is 10.2. The van der Waals surface area contributed by atoms with Crippen molar-refractivity contribution < 1.29 is 14.3 Å². The molecule has 1 saturated heterocycles. The van der Waals surface area contributed by atoms with Crippen LogP contribution in [0.3, 0.4) is 0 Å². The number of hydrogen-bond donors (Lipinski definition) is 1. The van der Waals surface area contributed by atoms with E-state index >= 15 is 0 Å². The molecule has 1 aliphatic rings. The van der Waals surface area contributed by atoms with E-state index in [2.05, 4.69) is 64.9 Å². The van der Waals surface area contributed by atoms with Crippen molar-refractivity contribution in [3.63, 3.8) is 0 Å². The number of nitrogens with zero attached hydrogens (tertiary/aromatic N) is 1. The van der Waals surface area contributed by atoms with Crippen LogP contribution in [0.25, 0.3) is 32.7 Å². The first-order chi connectivity index (χ1) is 13.7. The molecule has 0 aliphatic carbocycles. The fourth-order valence-corrected chi connectivity index (χ4v) is 4.39. The Labute approximate surface area is 166 Å². The zero-order chi connectivity index (χ0) is 19.1. The normalized spacial score (nSPS) is 15.0. The van der Waals surface area contributed by atoms with Crippen LogP contribution in [0.2, 0.25) is 0 Å². The lowest BCUT2D eigenvalue weighted by molar-refractivity contribution is -0.147. The zero-order valence-corrected chi connectivity index (χ0v) is 16.0. The summed E-state index contributed by atoms with van der Waals surface area (Å²) in [6.45, 7) is 2.05. The third-order valence-electron chi connectivity index (χ3n) is 5.27. The minimum atomic E-state index is -0.696. The number of thiophene rings is 1. The minimum Gasteiger partial charge on any atom is -0.481 e. The molecule has 140 valence electrons. The molecule has 0 bridgehead atoms. The highest BCUT2D eigenvalue weighted by Crippen LogP contribution is 2.33. The van der Waals surface area contributed by atoms with Crippen LogP contribution >= 0.6 is 11.3 Å². The van der Waals surface area contributed by atoms with Crippen molar-refractivity contribution in [1.82, 2.24) is 4.90 Å². The fraction of sp³-hybridized carbons (Fsp3) is 0.174. The number of aliphatic carboxylic acids is 1. The Morgan fingerprint density at radius 1 is 1.07 bits per heavy atom. The lowest BCUT2D eigenvalue weighted by Crippen LogP contribution is -2.49. The van der Waals surface area contributed by atoms with E-state index in [1.54, 1.807) is 11.3 Å². The Morgan fingerprint density at radius 3 is 2.57 bits per heavy atom. The van der Waals surface area contributed by atoms with Gasteiger partial charge in [0.2, 0.25) is 0 Å². The highest BCUT2D eigenvalue weighted by Gasteiger charge is 2.32. The van der Waals surface area contributed by atoms with E-state index in [0.29, 0.717) is 13.1 Å². The molecular formula is C23H19NO3S. The number of fused-ring (bicyclic) bond motifs is 1. The molecular weight excluding hydrogens is 370 g/mol. The summed E-state index contributed by atoms with van der Waals surface area (Å²) < 4.78 is 6.05. The lowest BCUT2D eigenvalue weighted by Gasteiger charge is -2.36. The number of rotatable bonds is 5. The Hall–Kier alpha value is -2.89. The van der Waals surface area contributed by atoms with Crippen molar-refractivity contribution in [2.45, 2.75) is 6.54 Å². The SMILES string of the molecule is O=C(O)C1CN(Cc2ccc(-c3cc4cc(-c5cccs5)ccc4o3)cc2)C1. The summed E-state index contributed by atoms with van der Waals surface area (Å²) in [5, 5.41) is 12.2. The van der Waals surface area contributed by atoms with Gasteiger partial charge >= 0.3 is 5.97 Å². The number of carboxylic acids is 1. The summed E-state index contributed by atoms with van der Waals surface area (Å²) in [4.78, 5) is 14.3. The molecule has 1 fully saturated rings. The number of hydrogen-bond acceptors (Lipinski definition) is 4. The second-order valence-electron chi connectivity index (χ2n) is 7.27. The van der Waals surface area contributed by atoms with Crippen molar-refractivity contribution in [1.29, 1.82) is 0 Å². The summed E-state index contributed by atoms with van der Waals surface area (Å²) in [5.41, 5.74) is 4.33. The van der Waals surface area contributed by atoms with Gasteiger partial charge in [0.1, 0.15) is 11.3 Å². The number of carboxylic acid groups (broad SMARTS) is 1. The second-order valence-corrected chi connectivity index (χ2v) is 8.21. The number of furan rings is 1. The Bertz CT molecular complexity index is 1120. The van der Waals surface area contributed by atoms with E-state index in [0.717, 1.165) is 28.8 Å². The maximum atomic E-state index is 10.9. The van der Waals surface area contributed by atoms with E-state index in [1.165, 1.54) is 16.0 Å². The number of likely N-dealkylation sites (tertiary alicyclic amines) is 1. The van der Waals surface area contributed by atoms with Crippen LogP contribution in [0.1, 0.15) is 5.56 Å². The van der Waals surface area contributed by atoms with Gasteiger partial charge in [-0.1, -0.05) is 30.3 Å². The van der Waals surface area contributed by atoms with Crippen LogP contribution in [0.15, 0.2) is 70.5 Å². The lowest BCUT2D eigenvalue weighted by atomic mass is 9.99. The largest absolute Gasteiger partial charge is 0.481 e. The smallest absolute Gasteiger partial charge is 0.309 e. The van der Waals surface area contributed by atoms with Crippen molar-refractivity contribution in [3.05, 3.63) is 71.6 Å². The van der Waals surface area contributed by atoms with Crippen LogP contribution in [0.4, 0.5) is 0 Å². The van der Waals surface area contributed by atoms with Crippen LogP contribution in [0.5, 0.6) is 0 Å². The maximum Gasteiger partial charge on any atom is 0.309 e. The summed E-state index contributed by atoms with van der Waals surface area (Å²) >= 11 is 1.74. The van der Waals surface area contributed by atoms with Crippen molar-refractivity contribution in [2.24, 2.45) is 5.92 Å². The molecule has 5 heteroatoms. The maximum absolute atomic E-state index is 10.9. The molecule has 2 aromatic heterocycles. The van der Waals surface area contributed by atoms with Gasteiger partial charge in [-0.3, -0.25) is 9.69 Å². The Morgan fingerprint density at radius 2 is 1.86 bits per heavy atom. The first-order valence-electron chi connectivity index (χ1n) is 9.28. The molecule has 0 radical (unpaired) electrons. The monoisotopic (exact) mass is 389 g/mol. The van der Waals surface area contributed by atoms with Crippen LogP contribution in [-0.4, -0.2) is 29.1 Å². The molecule has 0 atom stereocenters. The summed E-state index contributed by atoms with van der Waals surface area (Å²) in [5.74, 6) is -0.0487. The van der Waals surface area contributed by atoms with E-state index < -0.39 is 5.97 Å². The average Bonchev–Trinajstić information content (AvgIpc) is 3.33. The summed E-state index contributed by atoms with van der Waals surface area (Å²) in [6.07, 6.45) is 0. The summed E-state index contributed by atoms with van der Waals surface area (Å²) in [7, 11) is 0. The fourth-order valence-electron chi connectivity index (χ4n) is 3.67. The molecule has 0 saturated carbocycles. The molecule has 4 aromatic rings. The van der Waals surface area contributed by atoms with E-state index in [-0.39, 0.29) is 5.92 Å². The second kappa shape index (κ2) is 6.93. The van der Waals surface area contributed by atoms with Gasteiger partial charge in [0.15, 0.2) is 0 Å².